The Bertz CT molecular complexity index is 273. The molecule has 0 aliphatic carbocycles. The summed E-state index contributed by atoms with van der Waals surface area (Å²) in [5, 5.41) is 0. The lowest BCUT2D eigenvalue weighted by molar-refractivity contribution is 0.138. The molecule has 0 aliphatic heterocycles. The van der Waals surface area contributed by atoms with Gasteiger partial charge in [-0.25, -0.2) is 0 Å². The van der Waals surface area contributed by atoms with Gasteiger partial charge in [0.05, 0.1) is 6.61 Å². The highest BCUT2D eigenvalue weighted by Crippen LogP contribution is 2.30. The van der Waals surface area contributed by atoms with Gasteiger partial charge in [-0.3, -0.25) is 0 Å². The Morgan fingerprint density at radius 1 is 1.00 bits per heavy atom. The summed E-state index contributed by atoms with van der Waals surface area (Å²) in [7, 11) is 0. The molecule has 1 aromatic rings. The highest BCUT2D eigenvalue weighted by Gasteiger charge is 2.23. The molecular formula is C15H24O. The number of hydrogen-bond donors (Lipinski definition) is 0. The van der Waals surface area contributed by atoms with Crippen molar-refractivity contribution in [3.05, 3.63) is 30.3 Å². The zero-order valence-electron chi connectivity index (χ0n) is 10.8. The first-order valence-corrected chi connectivity index (χ1v) is 6.38. The maximum atomic E-state index is 5.88. The summed E-state index contributed by atoms with van der Waals surface area (Å²) >= 11 is 0. The number of hydrogen-bond acceptors (Lipinski definition) is 1. The van der Waals surface area contributed by atoms with Gasteiger partial charge in [-0.2, -0.15) is 0 Å². The molecule has 0 spiro atoms. The van der Waals surface area contributed by atoms with E-state index in [2.05, 4.69) is 20.8 Å². The lowest BCUT2D eigenvalue weighted by Crippen LogP contribution is -2.24. The van der Waals surface area contributed by atoms with E-state index in [1.54, 1.807) is 0 Å². The van der Waals surface area contributed by atoms with Gasteiger partial charge in [0.15, 0.2) is 0 Å². The largest absolute Gasteiger partial charge is 0.493 e. The van der Waals surface area contributed by atoms with Crippen LogP contribution in [-0.4, -0.2) is 6.61 Å². The highest BCUT2D eigenvalue weighted by atomic mass is 16.5. The van der Waals surface area contributed by atoms with Crippen LogP contribution in [-0.2, 0) is 0 Å². The molecule has 0 N–H and O–H groups in total. The van der Waals surface area contributed by atoms with E-state index in [1.165, 1.54) is 25.7 Å². The van der Waals surface area contributed by atoms with E-state index in [9.17, 15) is 0 Å². The zero-order valence-corrected chi connectivity index (χ0v) is 10.8. The maximum Gasteiger partial charge on any atom is 0.119 e. The van der Waals surface area contributed by atoms with Crippen molar-refractivity contribution in [2.75, 3.05) is 6.61 Å². The molecule has 0 heterocycles. The maximum absolute atomic E-state index is 5.88. The number of ether oxygens (including phenoxy) is 1. The van der Waals surface area contributed by atoms with E-state index >= 15 is 0 Å². The monoisotopic (exact) mass is 220 g/mol. The van der Waals surface area contributed by atoms with Gasteiger partial charge in [0.2, 0.25) is 0 Å². The summed E-state index contributed by atoms with van der Waals surface area (Å²) in [5.74, 6) is 0.987. The summed E-state index contributed by atoms with van der Waals surface area (Å²) in [6, 6.07) is 10.1. The third-order valence-corrected chi connectivity index (χ3v) is 3.04. The van der Waals surface area contributed by atoms with Crippen molar-refractivity contribution >= 4 is 0 Å². The molecule has 0 aromatic heterocycles. The average molecular weight is 220 g/mol. The highest BCUT2D eigenvalue weighted by molar-refractivity contribution is 5.20. The number of para-hydroxylation sites is 1. The molecule has 16 heavy (non-hydrogen) atoms. The first-order valence-electron chi connectivity index (χ1n) is 6.38. The first kappa shape index (κ1) is 13.1. The van der Waals surface area contributed by atoms with Crippen molar-refractivity contribution in [3.8, 4) is 5.75 Å². The third-order valence-electron chi connectivity index (χ3n) is 3.04. The van der Waals surface area contributed by atoms with Crippen LogP contribution < -0.4 is 4.74 Å². The Hall–Kier alpha value is -0.980. The average Bonchev–Trinajstić information content (AvgIpc) is 2.29. The molecule has 0 amide bonds. The molecule has 1 aromatic carbocycles. The molecule has 0 atom stereocenters. The van der Waals surface area contributed by atoms with Crippen LogP contribution in [0, 0.1) is 5.41 Å². The molecule has 1 nitrogen and oxygen atoms in total. The molecule has 0 fully saturated rings. The predicted octanol–water partition coefficient (Wildman–Crippen LogP) is 4.67. The van der Waals surface area contributed by atoms with Crippen molar-refractivity contribution in [3.63, 3.8) is 0 Å². The molecule has 0 radical (unpaired) electrons. The van der Waals surface area contributed by atoms with Crippen LogP contribution in [0.15, 0.2) is 30.3 Å². The fourth-order valence-corrected chi connectivity index (χ4v) is 2.25. The van der Waals surface area contributed by atoms with Crippen molar-refractivity contribution < 1.29 is 4.74 Å². The van der Waals surface area contributed by atoms with Gasteiger partial charge in [-0.05, 0) is 25.0 Å². The Balaban J connectivity index is 2.49. The minimum atomic E-state index is 0.333. The van der Waals surface area contributed by atoms with Crippen LogP contribution in [0.5, 0.6) is 5.75 Å². The van der Waals surface area contributed by atoms with Crippen molar-refractivity contribution in [1.29, 1.82) is 0 Å². The lowest BCUT2D eigenvalue weighted by Gasteiger charge is -2.28. The summed E-state index contributed by atoms with van der Waals surface area (Å²) < 4.78 is 5.88. The van der Waals surface area contributed by atoms with E-state index in [0.717, 1.165) is 12.4 Å². The van der Waals surface area contributed by atoms with Gasteiger partial charge in [-0.15, -0.1) is 0 Å². The topological polar surface area (TPSA) is 9.23 Å². The Labute approximate surface area is 99.8 Å². The molecule has 0 saturated carbocycles. The van der Waals surface area contributed by atoms with Crippen molar-refractivity contribution in [1.82, 2.24) is 0 Å². The Morgan fingerprint density at radius 2 is 1.56 bits per heavy atom. The fraction of sp³-hybridized carbons (Fsp3) is 0.600. The van der Waals surface area contributed by atoms with Gasteiger partial charge in [-0.1, -0.05) is 51.8 Å². The number of rotatable bonds is 7. The van der Waals surface area contributed by atoms with Crippen LogP contribution in [0.25, 0.3) is 0 Å². The molecule has 0 saturated heterocycles. The van der Waals surface area contributed by atoms with Crippen LogP contribution >= 0.6 is 0 Å². The van der Waals surface area contributed by atoms with Gasteiger partial charge in [0, 0.05) is 5.41 Å². The summed E-state index contributed by atoms with van der Waals surface area (Å²) in [6.07, 6.45) is 4.95. The molecule has 1 heteroatoms. The second-order valence-corrected chi connectivity index (χ2v) is 4.91. The van der Waals surface area contributed by atoms with E-state index in [0.29, 0.717) is 5.41 Å². The minimum Gasteiger partial charge on any atom is -0.493 e. The van der Waals surface area contributed by atoms with Gasteiger partial charge >= 0.3 is 0 Å². The summed E-state index contributed by atoms with van der Waals surface area (Å²) in [5.41, 5.74) is 0.333. The van der Waals surface area contributed by atoms with Crippen LogP contribution in [0.2, 0.25) is 0 Å². The smallest absolute Gasteiger partial charge is 0.119 e. The van der Waals surface area contributed by atoms with E-state index < -0.39 is 0 Å². The molecule has 0 aliphatic rings. The number of benzene rings is 1. The quantitative estimate of drug-likeness (QED) is 0.648. The van der Waals surface area contributed by atoms with Crippen LogP contribution in [0.4, 0.5) is 0 Å². The van der Waals surface area contributed by atoms with Gasteiger partial charge in [0.25, 0.3) is 0 Å². The summed E-state index contributed by atoms with van der Waals surface area (Å²) in [4.78, 5) is 0. The van der Waals surface area contributed by atoms with Crippen LogP contribution in [0.3, 0.4) is 0 Å². The van der Waals surface area contributed by atoms with Gasteiger partial charge < -0.3 is 4.74 Å². The SMILES string of the molecule is CCCC(C)(CCC)COc1ccccc1. The van der Waals surface area contributed by atoms with E-state index in [4.69, 9.17) is 4.74 Å². The minimum absolute atomic E-state index is 0.333. The first-order chi connectivity index (χ1) is 7.70. The Morgan fingerprint density at radius 3 is 2.06 bits per heavy atom. The zero-order chi connectivity index (χ0) is 11.9. The van der Waals surface area contributed by atoms with E-state index in [1.807, 2.05) is 30.3 Å². The van der Waals surface area contributed by atoms with Crippen LogP contribution in [0.1, 0.15) is 46.5 Å². The fourth-order valence-electron chi connectivity index (χ4n) is 2.25. The third kappa shape index (κ3) is 4.26. The second kappa shape index (κ2) is 6.57. The van der Waals surface area contributed by atoms with E-state index in [-0.39, 0.29) is 0 Å². The summed E-state index contributed by atoms with van der Waals surface area (Å²) in [6.45, 7) is 7.66. The second-order valence-electron chi connectivity index (χ2n) is 4.91. The molecule has 0 unspecified atom stereocenters. The normalized spacial score (nSPS) is 11.4. The lowest BCUT2D eigenvalue weighted by atomic mass is 9.82. The standard InChI is InChI=1S/C15H24O/c1-4-11-15(3,12-5-2)13-16-14-9-7-6-8-10-14/h6-10H,4-5,11-13H2,1-3H3. The Kier molecular flexibility index (Phi) is 5.37. The van der Waals surface area contributed by atoms with Crippen molar-refractivity contribution in [2.24, 2.45) is 5.41 Å². The van der Waals surface area contributed by atoms with Crippen molar-refractivity contribution in [2.45, 2.75) is 46.5 Å². The predicted molar refractivity (Wildman–Crippen MR) is 69.9 cm³/mol. The molecular weight excluding hydrogens is 196 g/mol. The molecule has 0 bridgehead atoms. The van der Waals surface area contributed by atoms with Gasteiger partial charge in [0.1, 0.15) is 5.75 Å². The molecule has 1 rings (SSSR count). The molecule has 90 valence electrons.